The molecule has 0 aliphatic carbocycles. The molecule has 15 heavy (non-hydrogen) atoms. The average molecular weight is 212 g/mol. The van der Waals surface area contributed by atoms with Gasteiger partial charge in [0, 0.05) is 13.1 Å². The van der Waals surface area contributed by atoms with Crippen LogP contribution >= 0.6 is 0 Å². The number of hydrogen-bond acceptors (Lipinski definition) is 4. The standard InChI is InChI=1S/C10H20N4O/c1-3-5-7-13-9(12)8(11)10(15)14-6-4-2/h4,13H,2-3,5-7,11-12H2,1H3,(H,14,15)/b9-8+. The number of amides is 1. The maximum absolute atomic E-state index is 11.3. The highest BCUT2D eigenvalue weighted by molar-refractivity contribution is 5.93. The van der Waals surface area contributed by atoms with Gasteiger partial charge in [-0.15, -0.1) is 6.58 Å². The fraction of sp³-hybridized carbons (Fsp3) is 0.500. The first-order chi connectivity index (χ1) is 7.13. The van der Waals surface area contributed by atoms with Crippen molar-refractivity contribution in [1.29, 1.82) is 0 Å². The van der Waals surface area contributed by atoms with E-state index in [2.05, 4.69) is 24.1 Å². The van der Waals surface area contributed by atoms with E-state index in [9.17, 15) is 4.79 Å². The zero-order valence-corrected chi connectivity index (χ0v) is 9.18. The summed E-state index contributed by atoms with van der Waals surface area (Å²) >= 11 is 0. The van der Waals surface area contributed by atoms with Crippen LogP contribution in [0, 0.1) is 0 Å². The fourth-order valence-corrected chi connectivity index (χ4v) is 0.877. The smallest absolute Gasteiger partial charge is 0.271 e. The summed E-state index contributed by atoms with van der Waals surface area (Å²) in [6.45, 7) is 6.65. The lowest BCUT2D eigenvalue weighted by atomic mass is 10.3. The van der Waals surface area contributed by atoms with Crippen molar-refractivity contribution in [3.63, 3.8) is 0 Å². The van der Waals surface area contributed by atoms with Gasteiger partial charge in [0.1, 0.15) is 11.5 Å². The number of unbranched alkanes of at least 4 members (excludes halogenated alkanes) is 1. The molecule has 86 valence electrons. The molecule has 0 aromatic carbocycles. The highest BCUT2D eigenvalue weighted by Gasteiger charge is 2.07. The van der Waals surface area contributed by atoms with Gasteiger partial charge in [-0.05, 0) is 6.42 Å². The predicted molar refractivity (Wildman–Crippen MR) is 61.5 cm³/mol. The van der Waals surface area contributed by atoms with Gasteiger partial charge in [-0.1, -0.05) is 19.4 Å². The second kappa shape index (κ2) is 7.73. The minimum absolute atomic E-state index is 0.0213. The molecule has 0 rings (SSSR count). The number of carbonyl (C=O) groups is 1. The lowest BCUT2D eigenvalue weighted by molar-refractivity contribution is -0.117. The van der Waals surface area contributed by atoms with Gasteiger partial charge in [0.2, 0.25) is 0 Å². The van der Waals surface area contributed by atoms with Gasteiger partial charge in [0.25, 0.3) is 5.91 Å². The maximum Gasteiger partial charge on any atom is 0.271 e. The Labute approximate surface area is 90.6 Å². The van der Waals surface area contributed by atoms with Crippen molar-refractivity contribution in [2.75, 3.05) is 13.1 Å². The van der Waals surface area contributed by atoms with Gasteiger partial charge in [-0.2, -0.15) is 0 Å². The topological polar surface area (TPSA) is 93.2 Å². The third-order valence-corrected chi connectivity index (χ3v) is 1.79. The molecule has 0 fully saturated rings. The first-order valence-electron chi connectivity index (χ1n) is 5.01. The number of hydrogen-bond donors (Lipinski definition) is 4. The third kappa shape index (κ3) is 5.61. The third-order valence-electron chi connectivity index (χ3n) is 1.79. The van der Waals surface area contributed by atoms with E-state index in [0.29, 0.717) is 6.54 Å². The molecule has 0 aliphatic rings. The van der Waals surface area contributed by atoms with Crippen LogP contribution in [0.4, 0.5) is 0 Å². The normalized spacial score (nSPS) is 11.5. The van der Waals surface area contributed by atoms with E-state index in [1.807, 2.05) is 0 Å². The maximum atomic E-state index is 11.3. The highest BCUT2D eigenvalue weighted by atomic mass is 16.2. The van der Waals surface area contributed by atoms with E-state index in [0.717, 1.165) is 19.4 Å². The molecule has 0 spiro atoms. The van der Waals surface area contributed by atoms with E-state index >= 15 is 0 Å². The van der Waals surface area contributed by atoms with Gasteiger partial charge >= 0.3 is 0 Å². The van der Waals surface area contributed by atoms with Gasteiger partial charge in [-0.25, -0.2) is 0 Å². The first-order valence-corrected chi connectivity index (χ1v) is 5.01. The fourth-order valence-electron chi connectivity index (χ4n) is 0.877. The van der Waals surface area contributed by atoms with Crippen LogP contribution in [0.5, 0.6) is 0 Å². The lowest BCUT2D eigenvalue weighted by Gasteiger charge is -2.09. The molecule has 0 unspecified atom stereocenters. The quantitative estimate of drug-likeness (QED) is 0.266. The summed E-state index contributed by atoms with van der Waals surface area (Å²) in [5, 5.41) is 5.43. The summed E-state index contributed by atoms with van der Waals surface area (Å²) in [5.74, 6) is -0.151. The second-order valence-corrected chi connectivity index (χ2v) is 3.11. The molecule has 5 heteroatoms. The van der Waals surface area contributed by atoms with Crippen LogP contribution in [0.3, 0.4) is 0 Å². The summed E-state index contributed by atoms with van der Waals surface area (Å²) in [5.41, 5.74) is 11.1. The van der Waals surface area contributed by atoms with E-state index < -0.39 is 0 Å². The summed E-state index contributed by atoms with van der Waals surface area (Å²) in [6.07, 6.45) is 3.62. The van der Waals surface area contributed by atoms with Crippen molar-refractivity contribution in [2.45, 2.75) is 19.8 Å². The highest BCUT2D eigenvalue weighted by Crippen LogP contribution is 1.90. The summed E-state index contributed by atoms with van der Waals surface area (Å²) in [6, 6.07) is 0. The van der Waals surface area contributed by atoms with Gasteiger partial charge in [0.05, 0.1) is 0 Å². The molecular formula is C10H20N4O. The van der Waals surface area contributed by atoms with Crippen LogP contribution in [-0.4, -0.2) is 19.0 Å². The van der Waals surface area contributed by atoms with Crippen LogP contribution < -0.4 is 22.1 Å². The number of nitrogens with one attached hydrogen (secondary N) is 2. The zero-order chi connectivity index (χ0) is 11.7. The van der Waals surface area contributed by atoms with E-state index in [-0.39, 0.29) is 17.4 Å². The summed E-state index contributed by atoms with van der Waals surface area (Å²) < 4.78 is 0. The van der Waals surface area contributed by atoms with Crippen molar-refractivity contribution in [3.05, 3.63) is 24.2 Å². The van der Waals surface area contributed by atoms with Crippen LogP contribution in [0.1, 0.15) is 19.8 Å². The largest absolute Gasteiger partial charge is 0.391 e. The Morgan fingerprint density at radius 3 is 2.60 bits per heavy atom. The molecule has 5 nitrogen and oxygen atoms in total. The average Bonchev–Trinajstić information content (AvgIpc) is 2.24. The van der Waals surface area contributed by atoms with Crippen molar-refractivity contribution in [3.8, 4) is 0 Å². The molecular weight excluding hydrogens is 192 g/mol. The van der Waals surface area contributed by atoms with Crippen molar-refractivity contribution >= 4 is 5.91 Å². The molecule has 0 aliphatic heterocycles. The van der Waals surface area contributed by atoms with E-state index in [1.54, 1.807) is 6.08 Å². The van der Waals surface area contributed by atoms with Crippen molar-refractivity contribution in [1.82, 2.24) is 10.6 Å². The molecule has 0 atom stereocenters. The SMILES string of the molecule is C=CCNC(=O)/C(N)=C(/N)NCCCC. The van der Waals surface area contributed by atoms with Crippen molar-refractivity contribution in [2.24, 2.45) is 11.5 Å². The molecule has 0 heterocycles. The minimum Gasteiger partial charge on any atom is -0.391 e. The number of carbonyl (C=O) groups excluding carboxylic acids is 1. The van der Waals surface area contributed by atoms with Crippen LogP contribution in [-0.2, 0) is 4.79 Å². The van der Waals surface area contributed by atoms with E-state index in [1.165, 1.54) is 0 Å². The Balaban J connectivity index is 4.10. The van der Waals surface area contributed by atoms with Crippen LogP contribution in [0.2, 0.25) is 0 Å². The molecule has 0 radical (unpaired) electrons. The predicted octanol–water partition coefficient (Wildman–Crippen LogP) is -0.235. The Morgan fingerprint density at radius 1 is 1.40 bits per heavy atom. The Hall–Kier alpha value is -1.65. The molecule has 0 aromatic rings. The monoisotopic (exact) mass is 212 g/mol. The van der Waals surface area contributed by atoms with Crippen LogP contribution in [0.25, 0.3) is 0 Å². The van der Waals surface area contributed by atoms with Gasteiger partial charge in [-0.3, -0.25) is 4.79 Å². The minimum atomic E-state index is -0.378. The van der Waals surface area contributed by atoms with Gasteiger partial charge < -0.3 is 22.1 Å². The summed E-state index contributed by atoms with van der Waals surface area (Å²) in [7, 11) is 0. The number of rotatable bonds is 7. The molecule has 0 bridgehead atoms. The molecule has 0 saturated carbocycles. The zero-order valence-electron chi connectivity index (χ0n) is 9.18. The van der Waals surface area contributed by atoms with Crippen molar-refractivity contribution < 1.29 is 4.79 Å². The van der Waals surface area contributed by atoms with Gasteiger partial charge in [0.15, 0.2) is 0 Å². The Morgan fingerprint density at radius 2 is 2.07 bits per heavy atom. The molecule has 1 amide bonds. The number of nitrogens with two attached hydrogens (primary N) is 2. The molecule has 6 N–H and O–H groups in total. The molecule has 0 saturated heterocycles. The first kappa shape index (κ1) is 13.4. The Bertz CT molecular complexity index is 248. The van der Waals surface area contributed by atoms with Crippen LogP contribution in [0.15, 0.2) is 24.2 Å². The lowest BCUT2D eigenvalue weighted by Crippen LogP contribution is -2.35. The molecule has 0 aromatic heterocycles. The Kier molecular flexibility index (Phi) is 6.88. The second-order valence-electron chi connectivity index (χ2n) is 3.11. The summed E-state index contributed by atoms with van der Waals surface area (Å²) in [4.78, 5) is 11.3. The van der Waals surface area contributed by atoms with E-state index in [4.69, 9.17) is 11.5 Å².